The van der Waals surface area contributed by atoms with E-state index in [1.54, 1.807) is 7.11 Å². The second kappa shape index (κ2) is 7.31. The molecule has 0 atom stereocenters. The molecule has 2 aromatic carbocycles. The van der Waals surface area contributed by atoms with E-state index in [2.05, 4.69) is 5.32 Å². The Hall–Kier alpha value is -3.02. The summed E-state index contributed by atoms with van der Waals surface area (Å²) in [5.74, 6) is -1.07. The van der Waals surface area contributed by atoms with Crippen molar-refractivity contribution in [1.29, 1.82) is 0 Å². The number of hydrogen-bond donors (Lipinski definition) is 3. The maximum absolute atomic E-state index is 11.9. The van der Waals surface area contributed by atoms with Crippen molar-refractivity contribution >= 4 is 17.6 Å². The van der Waals surface area contributed by atoms with Crippen LogP contribution in [-0.2, 0) is 11.2 Å². The fraction of sp³-hybridized carbons (Fsp3) is 0.176. The lowest BCUT2D eigenvalue weighted by atomic mass is 10.1. The third kappa shape index (κ3) is 4.47. The normalized spacial score (nSPS) is 10.1. The van der Waals surface area contributed by atoms with Gasteiger partial charge in [0.05, 0.1) is 7.11 Å². The van der Waals surface area contributed by atoms with Crippen molar-refractivity contribution in [1.82, 2.24) is 0 Å². The molecular formula is C17H17NO5. The van der Waals surface area contributed by atoms with Gasteiger partial charge in [0, 0.05) is 18.2 Å². The zero-order chi connectivity index (χ0) is 16.8. The minimum absolute atomic E-state index is 0.207. The maximum Gasteiger partial charge on any atom is 0.339 e. The molecule has 6 nitrogen and oxygen atoms in total. The fourth-order valence-electron chi connectivity index (χ4n) is 2.06. The molecule has 0 radical (unpaired) electrons. The lowest BCUT2D eigenvalue weighted by molar-refractivity contribution is -0.116. The molecule has 0 aliphatic carbocycles. The lowest BCUT2D eigenvalue weighted by Crippen LogP contribution is -2.12. The molecule has 0 aliphatic heterocycles. The highest BCUT2D eigenvalue weighted by Crippen LogP contribution is 2.22. The van der Waals surface area contributed by atoms with Gasteiger partial charge in [0.2, 0.25) is 5.91 Å². The molecule has 2 aromatic rings. The van der Waals surface area contributed by atoms with Gasteiger partial charge in [0.15, 0.2) is 0 Å². The summed E-state index contributed by atoms with van der Waals surface area (Å²) >= 11 is 0. The van der Waals surface area contributed by atoms with Gasteiger partial charge in [0.25, 0.3) is 0 Å². The van der Waals surface area contributed by atoms with E-state index in [0.717, 1.165) is 11.3 Å². The number of benzene rings is 2. The van der Waals surface area contributed by atoms with Crippen LogP contribution in [0.1, 0.15) is 22.3 Å². The van der Waals surface area contributed by atoms with E-state index in [4.69, 9.17) is 9.84 Å². The molecule has 0 aliphatic rings. The van der Waals surface area contributed by atoms with Crippen LogP contribution in [0, 0.1) is 0 Å². The molecular weight excluding hydrogens is 298 g/mol. The first-order valence-electron chi connectivity index (χ1n) is 6.98. The summed E-state index contributed by atoms with van der Waals surface area (Å²) in [6.45, 7) is 0. The number of ether oxygens (including phenoxy) is 1. The number of carbonyl (C=O) groups is 2. The predicted octanol–water partition coefficient (Wildman–Crippen LogP) is 2.67. The van der Waals surface area contributed by atoms with Gasteiger partial charge in [-0.05, 0) is 36.2 Å². The minimum Gasteiger partial charge on any atom is -0.507 e. The number of carboxylic acids is 1. The summed E-state index contributed by atoms with van der Waals surface area (Å²) in [6, 6.07) is 11.3. The first-order chi connectivity index (χ1) is 11.0. The average molecular weight is 315 g/mol. The van der Waals surface area contributed by atoms with Crippen molar-refractivity contribution in [3.8, 4) is 11.5 Å². The Bertz CT molecular complexity index is 709. The van der Waals surface area contributed by atoms with Crippen LogP contribution in [0.3, 0.4) is 0 Å². The van der Waals surface area contributed by atoms with Crippen LogP contribution in [0.4, 0.5) is 5.69 Å². The summed E-state index contributed by atoms with van der Waals surface area (Å²) in [4.78, 5) is 22.7. The molecule has 0 bridgehead atoms. The van der Waals surface area contributed by atoms with E-state index < -0.39 is 5.97 Å². The second-order valence-corrected chi connectivity index (χ2v) is 4.93. The van der Waals surface area contributed by atoms with Gasteiger partial charge in [-0.1, -0.05) is 12.1 Å². The van der Waals surface area contributed by atoms with Crippen molar-refractivity contribution in [3.05, 3.63) is 53.6 Å². The summed E-state index contributed by atoms with van der Waals surface area (Å²) in [5.41, 5.74) is 1.15. The van der Waals surface area contributed by atoms with Crippen LogP contribution in [0.25, 0.3) is 0 Å². The van der Waals surface area contributed by atoms with Crippen molar-refractivity contribution in [2.75, 3.05) is 12.4 Å². The maximum atomic E-state index is 11.9. The smallest absolute Gasteiger partial charge is 0.339 e. The van der Waals surface area contributed by atoms with Gasteiger partial charge in [-0.2, -0.15) is 0 Å². The number of aryl methyl sites for hydroxylation is 1. The van der Waals surface area contributed by atoms with Crippen LogP contribution in [0.15, 0.2) is 42.5 Å². The topological polar surface area (TPSA) is 95.9 Å². The number of rotatable bonds is 6. The Morgan fingerprint density at radius 3 is 2.39 bits per heavy atom. The number of carbonyl (C=O) groups excluding carboxylic acids is 1. The summed E-state index contributed by atoms with van der Waals surface area (Å²) in [7, 11) is 1.59. The van der Waals surface area contributed by atoms with Crippen LogP contribution < -0.4 is 10.1 Å². The van der Waals surface area contributed by atoms with Crippen LogP contribution in [-0.4, -0.2) is 29.2 Å². The third-order valence-electron chi connectivity index (χ3n) is 3.31. The van der Waals surface area contributed by atoms with E-state index in [-0.39, 0.29) is 23.6 Å². The van der Waals surface area contributed by atoms with E-state index in [1.165, 1.54) is 18.2 Å². The number of aromatic hydroxyl groups is 1. The van der Waals surface area contributed by atoms with E-state index in [1.807, 2.05) is 24.3 Å². The molecule has 23 heavy (non-hydrogen) atoms. The van der Waals surface area contributed by atoms with Crippen molar-refractivity contribution in [2.24, 2.45) is 0 Å². The van der Waals surface area contributed by atoms with Crippen LogP contribution in [0.2, 0.25) is 0 Å². The zero-order valence-electron chi connectivity index (χ0n) is 12.6. The predicted molar refractivity (Wildman–Crippen MR) is 85.0 cm³/mol. The van der Waals surface area contributed by atoms with Crippen molar-refractivity contribution < 1.29 is 24.5 Å². The fourth-order valence-corrected chi connectivity index (χ4v) is 2.06. The molecule has 3 N–H and O–H groups in total. The van der Waals surface area contributed by atoms with E-state index in [0.29, 0.717) is 12.1 Å². The highest BCUT2D eigenvalue weighted by Gasteiger charge is 2.11. The second-order valence-electron chi connectivity index (χ2n) is 4.93. The number of carboxylic acid groups (broad SMARTS) is 1. The molecule has 0 saturated carbocycles. The number of hydrogen-bond acceptors (Lipinski definition) is 4. The van der Waals surface area contributed by atoms with Gasteiger partial charge >= 0.3 is 5.97 Å². The SMILES string of the molecule is COc1ccc(CCC(=O)Nc2ccc(C(=O)O)c(O)c2)cc1. The quantitative estimate of drug-likeness (QED) is 0.761. The standard InChI is InChI=1S/C17H17NO5/c1-23-13-6-2-11(3-7-13)4-9-16(20)18-12-5-8-14(17(21)22)15(19)10-12/h2-3,5-8,10,19H,4,9H2,1H3,(H,18,20)(H,21,22). The average Bonchev–Trinajstić information content (AvgIpc) is 2.53. The number of nitrogens with one attached hydrogen (secondary N) is 1. The van der Waals surface area contributed by atoms with Gasteiger partial charge < -0.3 is 20.3 Å². The molecule has 0 fully saturated rings. The number of methoxy groups -OCH3 is 1. The highest BCUT2D eigenvalue weighted by atomic mass is 16.5. The van der Waals surface area contributed by atoms with Crippen LogP contribution >= 0.6 is 0 Å². The first-order valence-corrected chi connectivity index (χ1v) is 6.98. The molecule has 6 heteroatoms. The molecule has 1 amide bonds. The number of aromatic carboxylic acids is 1. The molecule has 0 aromatic heterocycles. The Labute approximate surface area is 133 Å². The Morgan fingerprint density at radius 1 is 1.13 bits per heavy atom. The van der Waals surface area contributed by atoms with Gasteiger partial charge in [-0.15, -0.1) is 0 Å². The Balaban J connectivity index is 1.91. The number of anilines is 1. The zero-order valence-corrected chi connectivity index (χ0v) is 12.6. The van der Waals surface area contributed by atoms with E-state index >= 15 is 0 Å². The molecule has 2 rings (SSSR count). The highest BCUT2D eigenvalue weighted by molar-refractivity contribution is 5.94. The molecule has 0 saturated heterocycles. The van der Waals surface area contributed by atoms with Crippen molar-refractivity contribution in [2.45, 2.75) is 12.8 Å². The largest absolute Gasteiger partial charge is 0.507 e. The number of amides is 1. The molecule has 120 valence electrons. The van der Waals surface area contributed by atoms with Gasteiger partial charge in [-0.25, -0.2) is 4.79 Å². The van der Waals surface area contributed by atoms with Crippen molar-refractivity contribution in [3.63, 3.8) is 0 Å². The van der Waals surface area contributed by atoms with Gasteiger partial charge in [0.1, 0.15) is 17.1 Å². The minimum atomic E-state index is -1.22. The Morgan fingerprint density at radius 2 is 1.83 bits per heavy atom. The molecule has 0 spiro atoms. The summed E-state index contributed by atoms with van der Waals surface area (Å²) < 4.78 is 5.07. The molecule has 0 heterocycles. The monoisotopic (exact) mass is 315 g/mol. The van der Waals surface area contributed by atoms with Gasteiger partial charge in [-0.3, -0.25) is 4.79 Å². The van der Waals surface area contributed by atoms with Crippen LogP contribution in [0.5, 0.6) is 11.5 Å². The van der Waals surface area contributed by atoms with E-state index in [9.17, 15) is 14.7 Å². The summed E-state index contributed by atoms with van der Waals surface area (Å²) in [5, 5.41) is 21.0. The Kier molecular flexibility index (Phi) is 5.19. The molecule has 0 unspecified atom stereocenters. The summed E-state index contributed by atoms with van der Waals surface area (Å²) in [6.07, 6.45) is 0.836. The first kappa shape index (κ1) is 16.4. The lowest BCUT2D eigenvalue weighted by Gasteiger charge is -2.07. The third-order valence-corrected chi connectivity index (χ3v) is 3.31. The number of phenols is 1.